The topological polar surface area (TPSA) is 0 Å². The summed E-state index contributed by atoms with van der Waals surface area (Å²) in [7, 11) is 0. The van der Waals surface area contributed by atoms with Crippen LogP contribution in [0.15, 0.2) is 18.2 Å². The molecule has 1 rings (SSSR count). The van der Waals surface area contributed by atoms with Gasteiger partial charge in [-0.15, -0.1) is 0 Å². The molecule has 0 heteroatoms. The second-order valence-corrected chi connectivity index (χ2v) is 2.92. The van der Waals surface area contributed by atoms with Gasteiger partial charge < -0.3 is 0 Å². The maximum atomic E-state index is 3.86. The summed E-state index contributed by atoms with van der Waals surface area (Å²) in [6, 6.07) is 6.00. The molecule has 0 heterocycles. The summed E-state index contributed by atoms with van der Waals surface area (Å²) >= 11 is 0. The van der Waals surface area contributed by atoms with Gasteiger partial charge in [0.05, 0.1) is 0 Å². The van der Waals surface area contributed by atoms with E-state index >= 15 is 0 Å². The van der Waals surface area contributed by atoms with Crippen LogP contribution in [0.3, 0.4) is 0 Å². The number of hydrogen-bond acceptors (Lipinski definition) is 0. The normalized spacial score (nSPS) is 7.79. The monoisotopic (exact) mass is 192 g/mol. The first kappa shape index (κ1) is 15.4. The van der Waals surface area contributed by atoms with E-state index in [0.29, 0.717) is 0 Å². The molecule has 0 atom stereocenters. The smallest absolute Gasteiger partial charge is 0.0233 e. The Hall–Kier alpha value is -1.04. The summed E-state index contributed by atoms with van der Waals surface area (Å²) in [5.41, 5.74) is 1.21. The number of hydrogen-bond donors (Lipinski definition) is 0. The van der Waals surface area contributed by atoms with Gasteiger partial charge in [-0.25, -0.2) is 0 Å². The highest BCUT2D eigenvalue weighted by molar-refractivity contribution is 5.23. The second kappa shape index (κ2) is 10.0. The molecule has 0 nitrogen and oxygen atoms in total. The Balaban J connectivity index is 0. The van der Waals surface area contributed by atoms with Gasteiger partial charge in [0, 0.05) is 0 Å². The van der Waals surface area contributed by atoms with Gasteiger partial charge in [0.25, 0.3) is 0 Å². The predicted molar refractivity (Wildman–Crippen MR) is 68.8 cm³/mol. The third-order valence-corrected chi connectivity index (χ3v) is 1.51. The van der Waals surface area contributed by atoms with Crippen molar-refractivity contribution in [1.29, 1.82) is 0 Å². The molecule has 0 aliphatic carbocycles. The zero-order valence-electron chi connectivity index (χ0n) is 10.4. The molecule has 14 heavy (non-hydrogen) atoms. The molecule has 0 aliphatic rings. The van der Waals surface area contributed by atoms with Gasteiger partial charge in [-0.05, 0) is 22.9 Å². The maximum Gasteiger partial charge on any atom is -0.0233 e. The van der Waals surface area contributed by atoms with Crippen molar-refractivity contribution in [3.05, 3.63) is 34.2 Å². The van der Waals surface area contributed by atoms with Crippen molar-refractivity contribution in [3.8, 4) is 0 Å². The molecule has 0 fully saturated rings. The molecule has 0 bridgehead atoms. The van der Waals surface area contributed by atoms with Crippen molar-refractivity contribution in [2.75, 3.05) is 0 Å². The van der Waals surface area contributed by atoms with Gasteiger partial charge in [0.15, 0.2) is 0 Å². The number of aryl methyl sites for hydroxylation is 1. The average molecular weight is 192 g/mol. The molecular weight excluding hydrogens is 168 g/mol. The number of rotatable bonds is 0. The van der Waals surface area contributed by atoms with Gasteiger partial charge in [0.1, 0.15) is 0 Å². The molecular formula is C14H24. The largest absolute Gasteiger partial charge is 0.0912 e. The summed E-state index contributed by atoms with van der Waals surface area (Å²) in [6.45, 7) is 18.0. The van der Waals surface area contributed by atoms with Crippen LogP contribution in [-0.2, 0) is 0 Å². The molecule has 0 unspecified atom stereocenters. The van der Waals surface area contributed by atoms with Gasteiger partial charge >= 0.3 is 0 Å². The Bertz CT molecular complexity index is 309. The molecule has 0 spiro atoms. The van der Waals surface area contributed by atoms with E-state index in [9.17, 15) is 0 Å². The Labute approximate surface area is 89.0 Å². The molecule has 0 saturated carbocycles. The first-order chi connectivity index (χ1) is 6.63. The molecule has 0 amide bonds. The van der Waals surface area contributed by atoms with Gasteiger partial charge in [-0.2, -0.15) is 0 Å². The highest BCUT2D eigenvalue weighted by Gasteiger charge is 1.81. The molecule has 0 aromatic heterocycles. The number of benzene rings is 1. The summed E-state index contributed by atoms with van der Waals surface area (Å²) in [4.78, 5) is 0. The zero-order valence-corrected chi connectivity index (χ0v) is 10.4. The van der Waals surface area contributed by atoms with Crippen LogP contribution in [0, 0.1) is 6.92 Å². The highest BCUT2D eigenvalue weighted by Crippen LogP contribution is 1.80. The standard InChI is InChI=1S/C9H10.C3H8.C2H6/c1-7-5-4-6-8(2)9(7)3;1-3-2;1-2/h4-6H,1,3H2,2H3;3H2,1-2H3;1-2H3. The van der Waals surface area contributed by atoms with Crippen molar-refractivity contribution >= 4 is 13.2 Å². The van der Waals surface area contributed by atoms with Crippen LogP contribution in [0.2, 0.25) is 0 Å². The summed E-state index contributed by atoms with van der Waals surface area (Å²) in [5.74, 6) is 0. The molecule has 0 aliphatic heterocycles. The van der Waals surface area contributed by atoms with Crippen LogP contribution in [0.1, 0.15) is 39.7 Å². The predicted octanol–water partition coefficient (Wildman–Crippen LogP) is 3.26. The SMILES string of the molecule is C=c1cccc(C)c1=C.CC.CCC. The van der Waals surface area contributed by atoms with E-state index in [-0.39, 0.29) is 0 Å². The lowest BCUT2D eigenvalue weighted by molar-refractivity contribution is 1.09. The van der Waals surface area contributed by atoms with Crippen LogP contribution in [-0.4, -0.2) is 0 Å². The van der Waals surface area contributed by atoms with Gasteiger partial charge in [0.2, 0.25) is 0 Å². The minimum absolute atomic E-state index is 1.02. The third-order valence-electron chi connectivity index (χ3n) is 1.51. The minimum Gasteiger partial charge on any atom is -0.0912 e. The lowest BCUT2D eigenvalue weighted by Crippen LogP contribution is -2.23. The van der Waals surface area contributed by atoms with E-state index < -0.39 is 0 Å². The maximum absolute atomic E-state index is 3.86. The second-order valence-electron chi connectivity index (χ2n) is 2.92. The Morgan fingerprint density at radius 1 is 1.07 bits per heavy atom. The highest BCUT2D eigenvalue weighted by atomic mass is 13.9. The van der Waals surface area contributed by atoms with Crippen LogP contribution >= 0.6 is 0 Å². The van der Waals surface area contributed by atoms with Crippen LogP contribution < -0.4 is 10.4 Å². The van der Waals surface area contributed by atoms with Crippen molar-refractivity contribution in [2.24, 2.45) is 0 Å². The van der Waals surface area contributed by atoms with Crippen molar-refractivity contribution in [1.82, 2.24) is 0 Å². The van der Waals surface area contributed by atoms with E-state index in [1.807, 2.05) is 39.0 Å². The van der Waals surface area contributed by atoms with Crippen molar-refractivity contribution in [2.45, 2.75) is 41.0 Å². The van der Waals surface area contributed by atoms with E-state index in [4.69, 9.17) is 0 Å². The van der Waals surface area contributed by atoms with Gasteiger partial charge in [-0.1, -0.05) is 65.5 Å². The Morgan fingerprint density at radius 3 is 1.79 bits per heavy atom. The minimum atomic E-state index is 1.02. The van der Waals surface area contributed by atoms with Crippen LogP contribution in [0.4, 0.5) is 0 Å². The first-order valence-electron chi connectivity index (χ1n) is 5.37. The van der Waals surface area contributed by atoms with E-state index in [2.05, 4.69) is 27.0 Å². The van der Waals surface area contributed by atoms with E-state index in [1.165, 1.54) is 12.0 Å². The fraction of sp³-hybridized carbons (Fsp3) is 0.429. The summed E-state index contributed by atoms with van der Waals surface area (Å²) in [5, 5.41) is 2.08. The summed E-state index contributed by atoms with van der Waals surface area (Å²) in [6.07, 6.45) is 1.25. The fourth-order valence-electron chi connectivity index (χ4n) is 0.763. The quantitative estimate of drug-likeness (QED) is 0.592. The molecule has 0 radical (unpaired) electrons. The van der Waals surface area contributed by atoms with Crippen LogP contribution in [0.5, 0.6) is 0 Å². The fourth-order valence-corrected chi connectivity index (χ4v) is 0.763. The lowest BCUT2D eigenvalue weighted by Gasteiger charge is -1.89. The van der Waals surface area contributed by atoms with E-state index in [0.717, 1.165) is 10.4 Å². The summed E-state index contributed by atoms with van der Waals surface area (Å²) < 4.78 is 0. The van der Waals surface area contributed by atoms with Crippen LogP contribution in [0.25, 0.3) is 13.2 Å². The molecule has 0 N–H and O–H groups in total. The Morgan fingerprint density at radius 2 is 1.50 bits per heavy atom. The van der Waals surface area contributed by atoms with E-state index in [1.54, 1.807) is 0 Å². The zero-order chi connectivity index (χ0) is 11.6. The van der Waals surface area contributed by atoms with Crippen molar-refractivity contribution < 1.29 is 0 Å². The molecule has 1 aromatic rings. The average Bonchev–Trinajstić information content (AvgIpc) is 2.19. The molecule has 1 aromatic carbocycles. The Kier molecular flexibility index (Phi) is 11.1. The molecule has 0 saturated heterocycles. The van der Waals surface area contributed by atoms with Crippen molar-refractivity contribution in [3.63, 3.8) is 0 Å². The first-order valence-corrected chi connectivity index (χ1v) is 5.37. The third kappa shape index (κ3) is 6.47. The lowest BCUT2D eigenvalue weighted by atomic mass is 10.2. The molecule has 80 valence electrons. The van der Waals surface area contributed by atoms with Gasteiger partial charge in [-0.3, -0.25) is 0 Å².